The van der Waals surface area contributed by atoms with Gasteiger partial charge in [-0.2, -0.15) is 5.26 Å². The van der Waals surface area contributed by atoms with Gasteiger partial charge in [-0.1, -0.05) is 19.8 Å². The largest absolute Gasteiger partial charge is 0.355 e. The second-order valence-electron chi connectivity index (χ2n) is 3.22. The predicted octanol–water partition coefficient (Wildman–Crippen LogP) is 0.412. The van der Waals surface area contributed by atoms with Gasteiger partial charge in [0.25, 0.3) is 0 Å². The fraction of sp³-hybridized carbons (Fsp3) is 0.800. The first-order valence-corrected chi connectivity index (χ1v) is 5.44. The SMILES string of the molecule is CCCCCN/C(=N/C#N)NCCNC. The molecule has 0 aliphatic heterocycles. The minimum Gasteiger partial charge on any atom is -0.355 e. The van der Waals surface area contributed by atoms with Crippen LogP contribution in [0.2, 0.25) is 0 Å². The standard InChI is InChI=1S/C10H21N5/c1-3-4-5-6-13-10(15-9-11)14-8-7-12-2/h12H,3-8H2,1-2H3,(H2,13,14,15). The van der Waals surface area contributed by atoms with E-state index in [1.54, 1.807) is 6.19 Å². The van der Waals surface area contributed by atoms with Crippen molar-refractivity contribution >= 4 is 5.96 Å². The summed E-state index contributed by atoms with van der Waals surface area (Å²) in [5.74, 6) is 0.573. The molecule has 0 bridgehead atoms. The molecule has 0 saturated heterocycles. The Balaban J connectivity index is 3.66. The van der Waals surface area contributed by atoms with E-state index in [0.29, 0.717) is 5.96 Å². The molecule has 0 rings (SSSR count). The van der Waals surface area contributed by atoms with Gasteiger partial charge in [-0.15, -0.1) is 4.99 Å². The topological polar surface area (TPSA) is 72.2 Å². The number of nitrogens with one attached hydrogen (secondary N) is 3. The first-order chi connectivity index (χ1) is 7.35. The number of guanidine groups is 1. The summed E-state index contributed by atoms with van der Waals surface area (Å²) in [5.41, 5.74) is 0. The zero-order valence-electron chi connectivity index (χ0n) is 9.64. The van der Waals surface area contributed by atoms with Crippen LogP contribution >= 0.6 is 0 Å². The number of rotatable bonds is 7. The van der Waals surface area contributed by atoms with Crippen molar-refractivity contribution in [3.8, 4) is 6.19 Å². The molecule has 86 valence electrons. The molecule has 0 aliphatic carbocycles. The maximum Gasteiger partial charge on any atom is 0.209 e. The molecule has 5 heteroatoms. The van der Waals surface area contributed by atoms with Crippen molar-refractivity contribution in [2.45, 2.75) is 26.2 Å². The molecule has 0 aliphatic rings. The first-order valence-electron chi connectivity index (χ1n) is 5.44. The number of nitrogens with zero attached hydrogens (tertiary/aromatic N) is 2. The summed E-state index contributed by atoms with van der Waals surface area (Å²) in [6, 6.07) is 0. The molecular weight excluding hydrogens is 190 g/mol. The van der Waals surface area contributed by atoms with Crippen LogP contribution in [0.1, 0.15) is 26.2 Å². The summed E-state index contributed by atoms with van der Waals surface area (Å²) >= 11 is 0. The number of nitriles is 1. The van der Waals surface area contributed by atoms with Crippen LogP contribution in [0.25, 0.3) is 0 Å². The highest BCUT2D eigenvalue weighted by Crippen LogP contribution is 1.90. The Labute approximate surface area is 92.0 Å². The van der Waals surface area contributed by atoms with E-state index in [1.807, 2.05) is 7.05 Å². The monoisotopic (exact) mass is 211 g/mol. The fourth-order valence-electron chi connectivity index (χ4n) is 1.08. The average Bonchev–Trinajstić information content (AvgIpc) is 2.24. The van der Waals surface area contributed by atoms with Gasteiger partial charge >= 0.3 is 0 Å². The highest BCUT2D eigenvalue weighted by molar-refractivity contribution is 5.80. The van der Waals surface area contributed by atoms with Crippen molar-refractivity contribution in [2.24, 2.45) is 4.99 Å². The Morgan fingerprint density at radius 1 is 1.20 bits per heavy atom. The van der Waals surface area contributed by atoms with Crippen molar-refractivity contribution in [3.63, 3.8) is 0 Å². The van der Waals surface area contributed by atoms with E-state index < -0.39 is 0 Å². The zero-order valence-corrected chi connectivity index (χ0v) is 9.64. The smallest absolute Gasteiger partial charge is 0.209 e. The molecule has 0 spiro atoms. The van der Waals surface area contributed by atoms with Crippen LogP contribution in [-0.4, -0.2) is 32.6 Å². The van der Waals surface area contributed by atoms with Gasteiger partial charge in [0.1, 0.15) is 0 Å². The fourth-order valence-corrected chi connectivity index (χ4v) is 1.08. The van der Waals surface area contributed by atoms with Crippen molar-refractivity contribution in [3.05, 3.63) is 0 Å². The van der Waals surface area contributed by atoms with Crippen molar-refractivity contribution in [1.82, 2.24) is 16.0 Å². The summed E-state index contributed by atoms with van der Waals surface area (Å²) in [7, 11) is 1.89. The van der Waals surface area contributed by atoms with E-state index in [-0.39, 0.29) is 0 Å². The summed E-state index contributed by atoms with van der Waals surface area (Å²) < 4.78 is 0. The molecule has 0 heterocycles. The predicted molar refractivity (Wildman–Crippen MR) is 62.5 cm³/mol. The van der Waals surface area contributed by atoms with Crippen LogP contribution in [0.3, 0.4) is 0 Å². The molecule has 0 saturated carbocycles. The van der Waals surface area contributed by atoms with E-state index in [9.17, 15) is 0 Å². The summed E-state index contributed by atoms with van der Waals surface area (Å²) in [4.78, 5) is 3.67. The molecule has 0 fully saturated rings. The zero-order chi connectivity index (χ0) is 11.4. The van der Waals surface area contributed by atoms with E-state index in [2.05, 4.69) is 27.9 Å². The summed E-state index contributed by atoms with van der Waals surface area (Å²) in [5, 5.41) is 17.6. The molecule has 5 nitrogen and oxygen atoms in total. The molecule has 0 atom stereocenters. The number of unbranched alkanes of at least 4 members (excludes halogenated alkanes) is 2. The highest BCUT2D eigenvalue weighted by Gasteiger charge is 1.96. The molecule has 0 unspecified atom stereocenters. The molecule has 0 aromatic heterocycles. The van der Waals surface area contributed by atoms with E-state index in [1.165, 1.54) is 12.8 Å². The molecule has 0 radical (unpaired) electrons. The Bertz CT molecular complexity index is 206. The van der Waals surface area contributed by atoms with Crippen LogP contribution in [0.4, 0.5) is 0 Å². The van der Waals surface area contributed by atoms with Crippen LogP contribution in [-0.2, 0) is 0 Å². The lowest BCUT2D eigenvalue weighted by Gasteiger charge is -2.10. The number of aliphatic imine (C=N–C) groups is 1. The Hall–Kier alpha value is -1.28. The average molecular weight is 211 g/mol. The molecule has 0 aromatic carbocycles. The van der Waals surface area contributed by atoms with E-state index in [0.717, 1.165) is 26.1 Å². The maximum absolute atomic E-state index is 8.46. The Morgan fingerprint density at radius 2 is 1.93 bits per heavy atom. The maximum atomic E-state index is 8.46. The summed E-state index contributed by atoms with van der Waals surface area (Å²) in [6.45, 7) is 4.63. The van der Waals surface area contributed by atoms with Crippen molar-refractivity contribution in [2.75, 3.05) is 26.7 Å². The third-order valence-corrected chi connectivity index (χ3v) is 1.90. The van der Waals surface area contributed by atoms with Crippen molar-refractivity contribution < 1.29 is 0 Å². The second kappa shape index (κ2) is 10.8. The minimum atomic E-state index is 0.573. The molecular formula is C10H21N5. The number of hydrogen-bond donors (Lipinski definition) is 3. The molecule has 3 N–H and O–H groups in total. The molecule has 15 heavy (non-hydrogen) atoms. The van der Waals surface area contributed by atoms with Gasteiger partial charge in [-0.25, -0.2) is 0 Å². The van der Waals surface area contributed by atoms with Gasteiger partial charge in [0, 0.05) is 19.6 Å². The van der Waals surface area contributed by atoms with Gasteiger partial charge in [0.15, 0.2) is 0 Å². The van der Waals surface area contributed by atoms with Crippen LogP contribution < -0.4 is 16.0 Å². The lowest BCUT2D eigenvalue weighted by Crippen LogP contribution is -2.40. The quantitative estimate of drug-likeness (QED) is 0.247. The number of likely N-dealkylation sites (N-methyl/N-ethyl adjacent to an activating group) is 1. The first kappa shape index (κ1) is 13.7. The van der Waals surface area contributed by atoms with Gasteiger partial charge in [-0.05, 0) is 13.5 Å². The lowest BCUT2D eigenvalue weighted by molar-refractivity contribution is 0.677. The van der Waals surface area contributed by atoms with Crippen LogP contribution in [0, 0.1) is 11.5 Å². The normalized spacial score (nSPS) is 10.9. The minimum absolute atomic E-state index is 0.573. The van der Waals surface area contributed by atoms with E-state index >= 15 is 0 Å². The Kier molecular flexibility index (Phi) is 9.88. The second-order valence-corrected chi connectivity index (χ2v) is 3.22. The van der Waals surface area contributed by atoms with Crippen LogP contribution in [0.15, 0.2) is 4.99 Å². The van der Waals surface area contributed by atoms with Gasteiger partial charge in [0.2, 0.25) is 12.2 Å². The highest BCUT2D eigenvalue weighted by atomic mass is 15.2. The number of hydrogen-bond acceptors (Lipinski definition) is 3. The third kappa shape index (κ3) is 9.03. The molecule has 0 aromatic rings. The molecule has 0 amide bonds. The van der Waals surface area contributed by atoms with Gasteiger partial charge in [0.05, 0.1) is 0 Å². The van der Waals surface area contributed by atoms with Crippen molar-refractivity contribution in [1.29, 1.82) is 5.26 Å². The van der Waals surface area contributed by atoms with Gasteiger partial charge < -0.3 is 16.0 Å². The van der Waals surface area contributed by atoms with Gasteiger partial charge in [-0.3, -0.25) is 0 Å². The summed E-state index contributed by atoms with van der Waals surface area (Å²) in [6.07, 6.45) is 5.28. The third-order valence-electron chi connectivity index (χ3n) is 1.90. The Morgan fingerprint density at radius 3 is 2.53 bits per heavy atom. The lowest BCUT2D eigenvalue weighted by atomic mass is 10.2. The van der Waals surface area contributed by atoms with E-state index in [4.69, 9.17) is 5.26 Å². The van der Waals surface area contributed by atoms with Crippen LogP contribution in [0.5, 0.6) is 0 Å².